The van der Waals surface area contributed by atoms with E-state index in [1.165, 1.54) is 0 Å². The third kappa shape index (κ3) is 5.54. The molecule has 0 aliphatic rings. The molecule has 0 radical (unpaired) electrons. The summed E-state index contributed by atoms with van der Waals surface area (Å²) in [6.07, 6.45) is 0.714. The van der Waals surface area contributed by atoms with Gasteiger partial charge in [-0.1, -0.05) is 12.2 Å². The third-order valence-electron chi connectivity index (χ3n) is 1.65. The highest BCUT2D eigenvalue weighted by Crippen LogP contribution is 1.96. The van der Waals surface area contributed by atoms with Crippen molar-refractivity contribution in [1.29, 1.82) is 0 Å². The maximum absolute atomic E-state index is 11.4. The molecule has 0 spiro atoms. The number of amides is 1. The van der Waals surface area contributed by atoms with Crippen LogP contribution in [0.1, 0.15) is 19.8 Å². The van der Waals surface area contributed by atoms with E-state index in [0.29, 0.717) is 19.5 Å². The first-order valence-corrected chi connectivity index (χ1v) is 4.69. The van der Waals surface area contributed by atoms with Crippen LogP contribution in [-0.2, 0) is 4.79 Å². The van der Waals surface area contributed by atoms with Gasteiger partial charge < -0.3 is 15.7 Å². The van der Waals surface area contributed by atoms with E-state index in [4.69, 9.17) is 10.8 Å². The Balaban J connectivity index is 3.91. The average Bonchev–Trinajstić information content (AvgIpc) is 2.04. The van der Waals surface area contributed by atoms with E-state index in [2.05, 4.69) is 12.2 Å². The predicted molar refractivity (Wildman–Crippen MR) is 55.4 cm³/mol. The third-order valence-corrected chi connectivity index (χ3v) is 1.79. The molecular weight excluding hydrogens is 188 g/mol. The number of carbonyl (C=O) groups is 1. The molecule has 0 aromatic rings. The molecule has 0 heterocycles. The summed E-state index contributed by atoms with van der Waals surface area (Å²) in [5.74, 6) is -0.0662. The molecule has 0 saturated heterocycles. The molecule has 76 valence electrons. The number of thiocarbonyl (C=S) groups is 1. The quantitative estimate of drug-likeness (QED) is 0.593. The zero-order valence-electron chi connectivity index (χ0n) is 7.82. The van der Waals surface area contributed by atoms with Crippen LogP contribution < -0.4 is 5.73 Å². The Labute approximate surface area is 83.7 Å². The molecule has 0 aliphatic carbocycles. The predicted octanol–water partition coefficient (Wildman–Crippen LogP) is -0.107. The van der Waals surface area contributed by atoms with Gasteiger partial charge >= 0.3 is 0 Å². The molecule has 1 amide bonds. The number of carbonyl (C=O) groups excluding carboxylic acids is 1. The average molecular weight is 204 g/mol. The molecule has 5 heteroatoms. The molecule has 0 aromatic heterocycles. The fourth-order valence-corrected chi connectivity index (χ4v) is 1.11. The van der Waals surface area contributed by atoms with Crippen molar-refractivity contribution in [1.82, 2.24) is 4.90 Å². The second-order valence-electron chi connectivity index (χ2n) is 2.69. The van der Waals surface area contributed by atoms with Crippen LogP contribution >= 0.6 is 12.2 Å². The summed E-state index contributed by atoms with van der Waals surface area (Å²) in [4.78, 5) is 13.2. The van der Waals surface area contributed by atoms with Crippen LogP contribution in [0.4, 0.5) is 0 Å². The van der Waals surface area contributed by atoms with Gasteiger partial charge in [-0.25, -0.2) is 0 Å². The highest BCUT2D eigenvalue weighted by molar-refractivity contribution is 7.80. The lowest BCUT2D eigenvalue weighted by atomic mass is 10.3. The Hall–Kier alpha value is -0.680. The summed E-state index contributed by atoms with van der Waals surface area (Å²) >= 11 is 4.63. The number of nitrogens with two attached hydrogens (primary N) is 1. The highest BCUT2D eigenvalue weighted by Gasteiger charge is 2.11. The topological polar surface area (TPSA) is 66.6 Å². The van der Waals surface area contributed by atoms with Crippen molar-refractivity contribution in [2.24, 2.45) is 5.73 Å². The van der Waals surface area contributed by atoms with Gasteiger partial charge in [0.15, 0.2) is 0 Å². The van der Waals surface area contributed by atoms with Gasteiger partial charge in [-0.15, -0.1) is 0 Å². The van der Waals surface area contributed by atoms with E-state index in [9.17, 15) is 4.79 Å². The lowest BCUT2D eigenvalue weighted by Gasteiger charge is -2.19. The molecule has 0 saturated carbocycles. The summed E-state index contributed by atoms with van der Waals surface area (Å²) in [5, 5.41) is 8.59. The highest BCUT2D eigenvalue weighted by atomic mass is 32.1. The molecule has 0 unspecified atom stereocenters. The van der Waals surface area contributed by atoms with Crippen LogP contribution in [0, 0.1) is 0 Å². The fourth-order valence-electron chi connectivity index (χ4n) is 0.982. The minimum atomic E-state index is -0.0662. The van der Waals surface area contributed by atoms with Gasteiger partial charge in [0.05, 0.1) is 11.4 Å². The van der Waals surface area contributed by atoms with Crippen LogP contribution in [0.15, 0.2) is 0 Å². The van der Waals surface area contributed by atoms with E-state index < -0.39 is 0 Å². The van der Waals surface area contributed by atoms with E-state index in [0.717, 1.165) is 0 Å². The van der Waals surface area contributed by atoms with Crippen molar-refractivity contribution in [3.63, 3.8) is 0 Å². The zero-order valence-corrected chi connectivity index (χ0v) is 8.64. The zero-order chi connectivity index (χ0) is 10.3. The number of aliphatic hydroxyl groups excluding tert-OH is 1. The molecule has 0 aromatic carbocycles. The van der Waals surface area contributed by atoms with Gasteiger partial charge in [-0.3, -0.25) is 4.79 Å². The lowest BCUT2D eigenvalue weighted by molar-refractivity contribution is -0.129. The summed E-state index contributed by atoms with van der Waals surface area (Å²) in [5.41, 5.74) is 5.25. The SMILES string of the molecule is CCN(CCCO)C(=O)CC(N)=S. The molecule has 3 N–H and O–H groups in total. The Morgan fingerprint density at radius 1 is 1.62 bits per heavy atom. The molecule has 13 heavy (non-hydrogen) atoms. The van der Waals surface area contributed by atoms with Gasteiger partial charge in [0.1, 0.15) is 0 Å². The molecule has 0 fully saturated rings. The first kappa shape index (κ1) is 12.3. The van der Waals surface area contributed by atoms with Crippen LogP contribution in [-0.4, -0.2) is 40.6 Å². The molecule has 0 rings (SSSR count). The summed E-state index contributed by atoms with van der Waals surface area (Å²) in [6.45, 7) is 3.17. The van der Waals surface area contributed by atoms with Crippen molar-refractivity contribution in [2.45, 2.75) is 19.8 Å². The second kappa shape index (κ2) is 6.80. The van der Waals surface area contributed by atoms with E-state index in [1.54, 1.807) is 4.90 Å². The molecule has 0 bridgehead atoms. The van der Waals surface area contributed by atoms with E-state index in [1.807, 2.05) is 6.92 Å². The second-order valence-corrected chi connectivity index (χ2v) is 3.22. The number of nitrogens with zero attached hydrogens (tertiary/aromatic N) is 1. The first-order chi connectivity index (χ1) is 6.11. The molecule has 0 aliphatic heterocycles. The van der Waals surface area contributed by atoms with Crippen molar-refractivity contribution in [3.8, 4) is 0 Å². The molecule has 0 atom stereocenters. The van der Waals surface area contributed by atoms with Gasteiger partial charge in [0, 0.05) is 19.7 Å². The van der Waals surface area contributed by atoms with Gasteiger partial charge in [0.2, 0.25) is 5.91 Å². The van der Waals surface area contributed by atoms with E-state index in [-0.39, 0.29) is 23.9 Å². The van der Waals surface area contributed by atoms with E-state index >= 15 is 0 Å². The monoisotopic (exact) mass is 204 g/mol. The van der Waals surface area contributed by atoms with Gasteiger partial charge in [-0.05, 0) is 13.3 Å². The van der Waals surface area contributed by atoms with Crippen LogP contribution in [0.2, 0.25) is 0 Å². The maximum Gasteiger partial charge on any atom is 0.229 e. The summed E-state index contributed by atoms with van der Waals surface area (Å²) in [7, 11) is 0. The van der Waals surface area contributed by atoms with Crippen molar-refractivity contribution in [2.75, 3.05) is 19.7 Å². The number of hydrogen-bond acceptors (Lipinski definition) is 3. The van der Waals surface area contributed by atoms with Crippen LogP contribution in [0.5, 0.6) is 0 Å². The van der Waals surface area contributed by atoms with Gasteiger partial charge in [-0.2, -0.15) is 0 Å². The van der Waals surface area contributed by atoms with Crippen LogP contribution in [0.25, 0.3) is 0 Å². The first-order valence-electron chi connectivity index (χ1n) is 4.28. The van der Waals surface area contributed by atoms with Gasteiger partial charge in [0.25, 0.3) is 0 Å². The number of aliphatic hydroxyl groups is 1. The van der Waals surface area contributed by atoms with Crippen LogP contribution in [0.3, 0.4) is 0 Å². The molecule has 4 nitrogen and oxygen atoms in total. The normalized spacial score (nSPS) is 9.69. The van der Waals surface area contributed by atoms with Crippen molar-refractivity contribution < 1.29 is 9.90 Å². The largest absolute Gasteiger partial charge is 0.396 e. The minimum Gasteiger partial charge on any atom is -0.396 e. The smallest absolute Gasteiger partial charge is 0.229 e. The van der Waals surface area contributed by atoms with Crippen molar-refractivity contribution in [3.05, 3.63) is 0 Å². The number of hydrogen-bond donors (Lipinski definition) is 2. The Morgan fingerprint density at radius 3 is 2.62 bits per heavy atom. The Bertz CT molecular complexity index is 185. The summed E-state index contributed by atoms with van der Waals surface area (Å²) < 4.78 is 0. The molecular formula is C8H16N2O2S. The lowest BCUT2D eigenvalue weighted by Crippen LogP contribution is -2.34. The van der Waals surface area contributed by atoms with Crippen molar-refractivity contribution >= 4 is 23.1 Å². The Kier molecular flexibility index (Phi) is 6.44. The Morgan fingerprint density at radius 2 is 2.23 bits per heavy atom. The maximum atomic E-state index is 11.4. The fraction of sp³-hybridized carbons (Fsp3) is 0.750. The number of rotatable bonds is 6. The standard InChI is InChI=1S/C8H16N2O2S/c1-2-10(4-3-5-11)8(12)6-7(9)13/h11H,2-6H2,1H3,(H2,9,13). The minimum absolute atomic E-state index is 0.0662. The summed E-state index contributed by atoms with van der Waals surface area (Å²) in [6, 6.07) is 0.